The molecule has 0 saturated heterocycles. The maximum absolute atomic E-state index is 9.78. The number of primary amides is 2. The highest BCUT2D eigenvalue weighted by atomic mass is 16.2. The fourth-order valence-corrected chi connectivity index (χ4v) is 1.28. The van der Waals surface area contributed by atoms with Gasteiger partial charge in [-0.15, -0.1) is 0 Å². The van der Waals surface area contributed by atoms with Gasteiger partial charge < -0.3 is 11.5 Å². The lowest BCUT2D eigenvalue weighted by atomic mass is 9.96. The Labute approximate surface area is 77.2 Å². The summed E-state index contributed by atoms with van der Waals surface area (Å²) in [5, 5.41) is 0. The van der Waals surface area contributed by atoms with Crippen LogP contribution in [0.3, 0.4) is 0 Å². The van der Waals surface area contributed by atoms with Crippen LogP contribution in [0.5, 0.6) is 0 Å². The molecule has 1 rings (SSSR count). The van der Waals surface area contributed by atoms with E-state index in [0.717, 1.165) is 12.8 Å². The van der Waals surface area contributed by atoms with E-state index in [-0.39, 0.29) is 0 Å². The number of amides is 2. The number of urea groups is 1. The smallest absolute Gasteiger partial charge is 0.309 e. The first-order valence-electron chi connectivity index (χ1n) is 4.28. The normalized spacial score (nSPS) is 16.3. The quantitative estimate of drug-likeness (QED) is 0.463. The van der Waals surface area contributed by atoms with Crippen molar-refractivity contribution in [2.45, 2.75) is 38.1 Å². The molecule has 0 atom stereocenters. The zero-order valence-electron chi connectivity index (χ0n) is 7.53. The Morgan fingerprint density at radius 2 is 1.69 bits per heavy atom. The average molecular weight is 185 g/mol. The van der Waals surface area contributed by atoms with E-state index in [2.05, 4.69) is 16.5 Å². The van der Waals surface area contributed by atoms with Crippen molar-refractivity contribution in [3.8, 4) is 0 Å². The summed E-state index contributed by atoms with van der Waals surface area (Å²) in [6.45, 7) is 0. The molecule has 1 saturated carbocycles. The number of nitrogens with zero attached hydrogens (tertiary/aromatic N) is 1. The standard InChI is InChI=1S/C7H11NO.CH4N2O/c9-6-8-7-4-2-1-3-5-7;2-1(3)4/h7H,1-5H2;(H4,2,3,4). The molecule has 1 fully saturated rings. The van der Waals surface area contributed by atoms with Gasteiger partial charge in [-0.25, -0.2) is 14.6 Å². The molecule has 5 heteroatoms. The second-order valence-electron chi connectivity index (χ2n) is 2.91. The van der Waals surface area contributed by atoms with Crippen LogP contribution in [0.25, 0.3) is 0 Å². The molecule has 4 N–H and O–H groups in total. The molecule has 0 aliphatic heterocycles. The largest absolute Gasteiger partial charge is 0.352 e. The molecular formula is C8H15N3O2. The average Bonchev–Trinajstić information content (AvgIpc) is 2.06. The van der Waals surface area contributed by atoms with Gasteiger partial charge in [-0.1, -0.05) is 19.3 Å². The fourth-order valence-electron chi connectivity index (χ4n) is 1.28. The fraction of sp³-hybridized carbons (Fsp3) is 0.750. The van der Waals surface area contributed by atoms with Crippen LogP contribution in [0.15, 0.2) is 4.99 Å². The highest BCUT2D eigenvalue weighted by Gasteiger charge is 2.10. The van der Waals surface area contributed by atoms with Gasteiger partial charge in [0.1, 0.15) is 0 Å². The first-order chi connectivity index (χ1) is 6.16. The maximum atomic E-state index is 9.78. The Bertz CT molecular complexity index is 190. The molecule has 0 aromatic heterocycles. The summed E-state index contributed by atoms with van der Waals surface area (Å²) in [6, 6.07) is -0.531. The Morgan fingerprint density at radius 3 is 2.08 bits per heavy atom. The van der Waals surface area contributed by atoms with Crippen LogP contribution < -0.4 is 11.5 Å². The van der Waals surface area contributed by atoms with Crippen LogP contribution in [0, 0.1) is 0 Å². The van der Waals surface area contributed by atoms with Gasteiger partial charge in [0.15, 0.2) is 0 Å². The van der Waals surface area contributed by atoms with E-state index in [1.54, 1.807) is 6.08 Å². The van der Waals surface area contributed by atoms with Crippen molar-refractivity contribution in [2.75, 3.05) is 0 Å². The zero-order valence-corrected chi connectivity index (χ0v) is 7.53. The number of aliphatic imine (C=N–C) groups is 1. The van der Waals surface area contributed by atoms with Crippen LogP contribution in [0.1, 0.15) is 32.1 Å². The van der Waals surface area contributed by atoms with Gasteiger partial charge in [0.25, 0.3) is 0 Å². The van der Waals surface area contributed by atoms with Crippen LogP contribution >= 0.6 is 0 Å². The topological polar surface area (TPSA) is 98.5 Å². The molecule has 0 aromatic carbocycles. The molecule has 74 valence electrons. The minimum Gasteiger partial charge on any atom is -0.352 e. The zero-order chi connectivity index (χ0) is 10.1. The molecule has 0 bridgehead atoms. The maximum Gasteiger partial charge on any atom is 0.309 e. The van der Waals surface area contributed by atoms with Crippen LogP contribution in [-0.2, 0) is 4.79 Å². The molecule has 0 heterocycles. The van der Waals surface area contributed by atoms with Gasteiger partial charge in [0, 0.05) is 0 Å². The Kier molecular flexibility index (Phi) is 6.55. The van der Waals surface area contributed by atoms with Gasteiger partial charge >= 0.3 is 6.03 Å². The second kappa shape index (κ2) is 7.31. The Hall–Kier alpha value is -1.35. The lowest BCUT2D eigenvalue weighted by Gasteiger charge is -2.14. The third-order valence-electron chi connectivity index (χ3n) is 1.81. The van der Waals surface area contributed by atoms with Crippen molar-refractivity contribution < 1.29 is 9.59 Å². The molecular weight excluding hydrogens is 170 g/mol. The molecule has 0 aromatic rings. The highest BCUT2D eigenvalue weighted by molar-refractivity contribution is 5.69. The van der Waals surface area contributed by atoms with Crippen molar-refractivity contribution in [1.82, 2.24) is 0 Å². The lowest BCUT2D eigenvalue weighted by molar-refractivity contribution is 0.256. The number of rotatable bonds is 1. The summed E-state index contributed by atoms with van der Waals surface area (Å²) >= 11 is 0. The van der Waals surface area contributed by atoms with Crippen LogP contribution in [0.2, 0.25) is 0 Å². The Morgan fingerprint density at radius 1 is 1.23 bits per heavy atom. The Balaban J connectivity index is 0.000000310. The van der Waals surface area contributed by atoms with Crippen molar-refractivity contribution in [1.29, 1.82) is 0 Å². The highest BCUT2D eigenvalue weighted by Crippen LogP contribution is 2.19. The summed E-state index contributed by atoms with van der Waals surface area (Å²) < 4.78 is 0. The first-order valence-corrected chi connectivity index (χ1v) is 4.28. The number of isocyanates is 1. The van der Waals surface area contributed by atoms with Gasteiger partial charge in [-0.2, -0.15) is 0 Å². The molecule has 2 amide bonds. The number of carbonyl (C=O) groups is 1. The predicted octanol–water partition coefficient (Wildman–Crippen LogP) is 0.679. The third kappa shape index (κ3) is 8.56. The molecule has 13 heavy (non-hydrogen) atoms. The van der Waals surface area contributed by atoms with Gasteiger partial charge in [-0.05, 0) is 12.8 Å². The monoisotopic (exact) mass is 185 g/mol. The van der Waals surface area contributed by atoms with E-state index < -0.39 is 6.03 Å². The van der Waals surface area contributed by atoms with Crippen LogP contribution in [-0.4, -0.2) is 18.2 Å². The number of hydrogen-bond acceptors (Lipinski definition) is 3. The van der Waals surface area contributed by atoms with Crippen molar-refractivity contribution in [3.05, 3.63) is 0 Å². The third-order valence-corrected chi connectivity index (χ3v) is 1.81. The van der Waals surface area contributed by atoms with E-state index in [1.807, 2.05) is 0 Å². The lowest BCUT2D eigenvalue weighted by Crippen LogP contribution is -2.18. The molecule has 5 nitrogen and oxygen atoms in total. The van der Waals surface area contributed by atoms with E-state index in [0.29, 0.717) is 6.04 Å². The van der Waals surface area contributed by atoms with E-state index in [4.69, 9.17) is 4.79 Å². The van der Waals surface area contributed by atoms with Gasteiger partial charge in [0.2, 0.25) is 6.08 Å². The minimum absolute atomic E-state index is 0.302. The molecule has 0 radical (unpaired) electrons. The summed E-state index contributed by atoms with van der Waals surface area (Å²) in [6.07, 6.45) is 7.57. The molecule has 1 aliphatic rings. The molecule has 0 unspecified atom stereocenters. The second-order valence-corrected chi connectivity index (χ2v) is 2.91. The number of carbonyl (C=O) groups excluding carboxylic acids is 2. The SMILES string of the molecule is NC(N)=O.O=C=NC1CCCCC1. The van der Waals surface area contributed by atoms with E-state index in [1.165, 1.54) is 19.3 Å². The first kappa shape index (κ1) is 11.6. The summed E-state index contributed by atoms with van der Waals surface area (Å²) in [5.41, 5.74) is 8.50. The van der Waals surface area contributed by atoms with E-state index >= 15 is 0 Å². The van der Waals surface area contributed by atoms with Crippen molar-refractivity contribution >= 4 is 12.1 Å². The van der Waals surface area contributed by atoms with Crippen molar-refractivity contribution in [2.24, 2.45) is 16.5 Å². The van der Waals surface area contributed by atoms with Gasteiger partial charge in [-0.3, -0.25) is 0 Å². The molecule has 0 spiro atoms. The van der Waals surface area contributed by atoms with Gasteiger partial charge in [0.05, 0.1) is 6.04 Å². The summed E-state index contributed by atoms with van der Waals surface area (Å²) in [7, 11) is 0. The van der Waals surface area contributed by atoms with Crippen LogP contribution in [0.4, 0.5) is 4.79 Å². The summed E-state index contributed by atoms with van der Waals surface area (Å²) in [4.78, 5) is 22.5. The minimum atomic E-state index is -0.833. The number of nitrogens with two attached hydrogens (primary N) is 2. The molecule has 1 aliphatic carbocycles. The summed E-state index contributed by atoms with van der Waals surface area (Å²) in [5.74, 6) is 0. The number of hydrogen-bond donors (Lipinski definition) is 2. The van der Waals surface area contributed by atoms with E-state index in [9.17, 15) is 4.79 Å². The predicted molar refractivity (Wildman–Crippen MR) is 48.8 cm³/mol. The van der Waals surface area contributed by atoms with Crippen molar-refractivity contribution in [3.63, 3.8) is 0 Å².